The summed E-state index contributed by atoms with van der Waals surface area (Å²) in [4.78, 5) is 23.5. The SMILES string of the molecule is C=CC1CC(C=C)[C@H](COC(=O)C(C)O)[C@@H]1COC(=O)C(C)(C)Br. The van der Waals surface area contributed by atoms with E-state index in [2.05, 4.69) is 29.1 Å². The molecular formula is C18H27BrO5. The zero-order chi connectivity index (χ0) is 18.5. The highest BCUT2D eigenvalue weighted by atomic mass is 79.9. The first-order chi connectivity index (χ1) is 11.1. The lowest BCUT2D eigenvalue weighted by molar-refractivity contribution is -0.156. The Morgan fingerprint density at radius 2 is 1.67 bits per heavy atom. The normalized spacial score (nSPS) is 28.0. The Bertz CT molecular complexity index is 480. The number of halogens is 1. The quantitative estimate of drug-likeness (QED) is 0.383. The predicted octanol–water partition coefficient (Wildman–Crippen LogP) is 2.87. The summed E-state index contributed by atoms with van der Waals surface area (Å²) in [6.07, 6.45) is 3.36. The molecule has 0 aliphatic heterocycles. The van der Waals surface area contributed by atoms with Crippen LogP contribution < -0.4 is 0 Å². The fourth-order valence-corrected chi connectivity index (χ4v) is 3.09. The second-order valence-electron chi connectivity index (χ2n) is 6.74. The molecule has 1 fully saturated rings. The van der Waals surface area contributed by atoms with Crippen LogP contribution in [0.4, 0.5) is 0 Å². The van der Waals surface area contributed by atoms with E-state index in [-0.39, 0.29) is 42.9 Å². The number of hydrogen-bond acceptors (Lipinski definition) is 5. The van der Waals surface area contributed by atoms with Gasteiger partial charge < -0.3 is 14.6 Å². The molecule has 0 bridgehead atoms. The number of ether oxygens (including phenoxy) is 2. The Morgan fingerprint density at radius 3 is 2.04 bits per heavy atom. The largest absolute Gasteiger partial charge is 0.464 e. The highest BCUT2D eigenvalue weighted by Crippen LogP contribution is 2.43. The maximum atomic E-state index is 12.0. The molecule has 1 aliphatic carbocycles. The van der Waals surface area contributed by atoms with Gasteiger partial charge in [-0.05, 0) is 39.0 Å². The molecule has 0 aromatic heterocycles. The third-order valence-electron chi connectivity index (χ3n) is 4.45. The van der Waals surface area contributed by atoms with E-state index in [0.29, 0.717) is 0 Å². The third kappa shape index (κ3) is 5.45. The molecule has 1 saturated carbocycles. The average Bonchev–Trinajstić information content (AvgIpc) is 2.85. The van der Waals surface area contributed by atoms with E-state index in [9.17, 15) is 14.7 Å². The van der Waals surface area contributed by atoms with Crippen LogP contribution in [0.2, 0.25) is 0 Å². The monoisotopic (exact) mass is 402 g/mol. The van der Waals surface area contributed by atoms with Crippen molar-refractivity contribution in [3.05, 3.63) is 25.3 Å². The van der Waals surface area contributed by atoms with Gasteiger partial charge in [0.15, 0.2) is 0 Å². The van der Waals surface area contributed by atoms with Crippen molar-refractivity contribution < 1.29 is 24.2 Å². The van der Waals surface area contributed by atoms with Crippen molar-refractivity contribution in [1.29, 1.82) is 0 Å². The number of aliphatic hydroxyl groups excluding tert-OH is 1. The summed E-state index contributed by atoms with van der Waals surface area (Å²) in [6.45, 7) is 12.9. The van der Waals surface area contributed by atoms with Gasteiger partial charge in [0.2, 0.25) is 0 Å². The minimum Gasteiger partial charge on any atom is -0.464 e. The summed E-state index contributed by atoms with van der Waals surface area (Å²) < 4.78 is 9.89. The van der Waals surface area contributed by atoms with Crippen LogP contribution in [-0.2, 0) is 19.1 Å². The Kier molecular flexibility index (Phi) is 7.67. The molecule has 6 heteroatoms. The van der Waals surface area contributed by atoms with E-state index in [0.717, 1.165) is 6.42 Å². The Labute approximate surface area is 152 Å². The van der Waals surface area contributed by atoms with E-state index in [1.165, 1.54) is 6.92 Å². The molecule has 0 heterocycles. The van der Waals surface area contributed by atoms with E-state index in [4.69, 9.17) is 9.47 Å². The van der Waals surface area contributed by atoms with Gasteiger partial charge >= 0.3 is 11.9 Å². The van der Waals surface area contributed by atoms with Gasteiger partial charge in [0.05, 0.1) is 13.2 Å². The number of alkyl halides is 1. The molecule has 24 heavy (non-hydrogen) atoms. The molecule has 1 N–H and O–H groups in total. The van der Waals surface area contributed by atoms with E-state index in [1.807, 2.05) is 12.2 Å². The molecule has 0 radical (unpaired) electrons. The van der Waals surface area contributed by atoms with Crippen molar-refractivity contribution in [1.82, 2.24) is 0 Å². The highest BCUT2D eigenvalue weighted by molar-refractivity contribution is 9.10. The standard InChI is InChI=1S/C18H27BrO5/c1-6-12-8-13(7-2)15(10-24-17(22)18(4,5)19)14(12)9-23-16(21)11(3)20/h6-7,11-15,20H,1-2,8-10H2,3-5H3/t11?,12?,13?,14-,15+/m0/s1. The van der Waals surface area contributed by atoms with Gasteiger partial charge in [-0.25, -0.2) is 4.79 Å². The van der Waals surface area contributed by atoms with Crippen LogP contribution in [0.3, 0.4) is 0 Å². The lowest BCUT2D eigenvalue weighted by atomic mass is 9.88. The molecule has 0 aromatic carbocycles. The van der Waals surface area contributed by atoms with E-state index >= 15 is 0 Å². The first-order valence-electron chi connectivity index (χ1n) is 8.07. The van der Waals surface area contributed by atoms with Gasteiger partial charge in [0, 0.05) is 11.8 Å². The summed E-state index contributed by atoms with van der Waals surface area (Å²) >= 11 is 3.28. The lowest BCUT2D eigenvalue weighted by Crippen LogP contribution is -2.33. The van der Waals surface area contributed by atoms with E-state index in [1.54, 1.807) is 13.8 Å². The van der Waals surface area contributed by atoms with Gasteiger partial charge in [0.25, 0.3) is 0 Å². The maximum absolute atomic E-state index is 12.0. The van der Waals surface area contributed by atoms with Gasteiger partial charge in [-0.15, -0.1) is 13.2 Å². The number of hydrogen-bond donors (Lipinski definition) is 1. The summed E-state index contributed by atoms with van der Waals surface area (Å²) in [7, 11) is 0. The van der Waals surface area contributed by atoms with Crippen molar-refractivity contribution in [3.8, 4) is 0 Å². The first-order valence-corrected chi connectivity index (χ1v) is 8.87. The molecule has 0 amide bonds. The summed E-state index contributed by atoms with van der Waals surface area (Å²) in [5.41, 5.74) is 0. The molecule has 1 aliphatic rings. The number of rotatable bonds is 8. The van der Waals surface area contributed by atoms with Gasteiger partial charge in [-0.3, -0.25) is 4.79 Å². The minimum atomic E-state index is -1.16. The summed E-state index contributed by atoms with van der Waals surface area (Å²) in [5, 5.41) is 9.26. The van der Waals surface area contributed by atoms with E-state index < -0.39 is 16.4 Å². The summed E-state index contributed by atoms with van der Waals surface area (Å²) in [6, 6.07) is 0. The zero-order valence-electron chi connectivity index (χ0n) is 14.5. The lowest BCUT2D eigenvalue weighted by Gasteiger charge is -2.26. The van der Waals surface area contributed by atoms with Crippen molar-refractivity contribution in [2.75, 3.05) is 13.2 Å². The van der Waals surface area contributed by atoms with Crippen LogP contribution in [0.15, 0.2) is 25.3 Å². The second-order valence-corrected chi connectivity index (χ2v) is 8.72. The molecule has 3 unspecified atom stereocenters. The number of esters is 2. The van der Waals surface area contributed by atoms with Gasteiger partial charge in [-0.2, -0.15) is 0 Å². The van der Waals surface area contributed by atoms with Crippen LogP contribution in [0.25, 0.3) is 0 Å². The highest BCUT2D eigenvalue weighted by Gasteiger charge is 2.42. The van der Waals surface area contributed by atoms with Crippen molar-refractivity contribution in [3.63, 3.8) is 0 Å². The first kappa shape index (κ1) is 20.9. The topological polar surface area (TPSA) is 72.8 Å². The molecule has 1 rings (SSSR count). The number of aliphatic hydroxyl groups is 1. The predicted molar refractivity (Wildman–Crippen MR) is 95.6 cm³/mol. The molecule has 5 atom stereocenters. The van der Waals surface area contributed by atoms with Gasteiger partial charge in [-0.1, -0.05) is 28.1 Å². The Morgan fingerprint density at radius 1 is 1.21 bits per heavy atom. The molecule has 136 valence electrons. The Balaban J connectivity index is 2.81. The molecular weight excluding hydrogens is 376 g/mol. The van der Waals surface area contributed by atoms with Crippen molar-refractivity contribution in [2.45, 2.75) is 37.6 Å². The molecule has 0 aromatic rings. The van der Waals surface area contributed by atoms with Crippen molar-refractivity contribution in [2.24, 2.45) is 23.7 Å². The van der Waals surface area contributed by atoms with Gasteiger partial charge in [0.1, 0.15) is 10.4 Å². The fraction of sp³-hybridized carbons (Fsp3) is 0.667. The fourth-order valence-electron chi connectivity index (χ4n) is 2.98. The molecule has 0 saturated heterocycles. The average molecular weight is 403 g/mol. The minimum absolute atomic E-state index is 0.00824. The zero-order valence-corrected chi connectivity index (χ0v) is 16.1. The molecule has 0 spiro atoms. The van der Waals surface area contributed by atoms with Crippen molar-refractivity contribution >= 4 is 27.9 Å². The third-order valence-corrected chi connectivity index (χ3v) is 4.77. The number of carbonyl (C=O) groups excluding carboxylic acids is 2. The second kappa shape index (κ2) is 8.81. The van der Waals surface area contributed by atoms with Crippen LogP contribution >= 0.6 is 15.9 Å². The number of allylic oxidation sites excluding steroid dienone is 2. The summed E-state index contributed by atoms with van der Waals surface area (Å²) in [5.74, 6) is -0.750. The Hall–Kier alpha value is -1.14. The van der Waals surface area contributed by atoms with Crippen LogP contribution in [-0.4, -0.2) is 40.7 Å². The smallest absolute Gasteiger partial charge is 0.334 e. The van der Waals surface area contributed by atoms with Crippen LogP contribution in [0.1, 0.15) is 27.2 Å². The number of carbonyl (C=O) groups is 2. The van der Waals surface area contributed by atoms with Crippen LogP contribution in [0, 0.1) is 23.7 Å². The van der Waals surface area contributed by atoms with Crippen LogP contribution in [0.5, 0.6) is 0 Å². The maximum Gasteiger partial charge on any atom is 0.334 e. The molecule has 5 nitrogen and oxygen atoms in total.